The van der Waals surface area contributed by atoms with Crippen LogP contribution in [0.15, 0.2) is 0 Å². The van der Waals surface area contributed by atoms with Gasteiger partial charge in [-0.25, -0.2) is 0 Å². The number of ether oxygens (including phenoxy) is 1. The molecule has 5 atom stereocenters. The van der Waals surface area contributed by atoms with Crippen molar-refractivity contribution in [2.75, 3.05) is 13.2 Å². The summed E-state index contributed by atoms with van der Waals surface area (Å²) in [5.41, 5.74) is 0. The summed E-state index contributed by atoms with van der Waals surface area (Å²) in [6.45, 7) is 3.55. The second kappa shape index (κ2) is 8.40. The van der Waals surface area contributed by atoms with Gasteiger partial charge in [0.1, 0.15) is 6.54 Å². The lowest BCUT2D eigenvalue weighted by molar-refractivity contribution is -0.155. The van der Waals surface area contributed by atoms with E-state index < -0.39 is 12.5 Å². The summed E-state index contributed by atoms with van der Waals surface area (Å²) in [5, 5.41) is 2.94. The number of amides is 3. The van der Waals surface area contributed by atoms with Crippen molar-refractivity contribution in [3.05, 3.63) is 0 Å². The van der Waals surface area contributed by atoms with Gasteiger partial charge in [-0.2, -0.15) is 0 Å². The lowest BCUT2D eigenvalue weighted by atomic mass is 9.78. The summed E-state index contributed by atoms with van der Waals surface area (Å²) in [6.07, 6.45) is 6.49. The number of fused-ring (bicyclic) bond motifs is 1. The molecule has 3 aliphatic rings. The predicted molar refractivity (Wildman–Crippen MR) is 97.2 cm³/mol. The molecule has 1 heterocycles. The van der Waals surface area contributed by atoms with Gasteiger partial charge in [-0.05, 0) is 31.1 Å². The minimum atomic E-state index is -0.712. The molecule has 2 saturated carbocycles. The molecule has 7 nitrogen and oxygen atoms in total. The predicted octanol–water partition coefficient (Wildman–Crippen LogP) is 1.65. The van der Waals surface area contributed by atoms with Gasteiger partial charge in [0.05, 0.1) is 11.8 Å². The van der Waals surface area contributed by atoms with Crippen molar-refractivity contribution in [3.63, 3.8) is 0 Å². The Balaban J connectivity index is 1.45. The van der Waals surface area contributed by atoms with Gasteiger partial charge in [-0.3, -0.25) is 24.1 Å². The maximum absolute atomic E-state index is 12.4. The van der Waals surface area contributed by atoms with E-state index >= 15 is 0 Å². The molecule has 3 fully saturated rings. The highest BCUT2D eigenvalue weighted by Crippen LogP contribution is 2.37. The van der Waals surface area contributed by atoms with Gasteiger partial charge in [0.2, 0.25) is 11.8 Å². The van der Waals surface area contributed by atoms with E-state index in [1.807, 2.05) is 0 Å². The molecule has 1 N–H and O–H groups in total. The van der Waals surface area contributed by atoms with Gasteiger partial charge in [0.15, 0.2) is 6.61 Å². The van der Waals surface area contributed by atoms with Crippen LogP contribution >= 0.6 is 0 Å². The summed E-state index contributed by atoms with van der Waals surface area (Å²) >= 11 is 0. The fourth-order valence-electron chi connectivity index (χ4n) is 4.74. The highest BCUT2D eigenvalue weighted by molar-refractivity contribution is 6.07. The van der Waals surface area contributed by atoms with E-state index in [9.17, 15) is 19.2 Å². The number of nitrogens with zero attached hydrogens (tertiary/aromatic N) is 1. The number of esters is 1. The minimum absolute atomic E-state index is 0.102. The first-order chi connectivity index (χ1) is 12.9. The van der Waals surface area contributed by atoms with E-state index in [1.54, 1.807) is 0 Å². The second-order valence-corrected chi connectivity index (χ2v) is 8.36. The quantitative estimate of drug-likeness (QED) is 0.580. The fraction of sp³-hybridized carbons (Fsp3) is 0.800. The molecular formula is C20H30N2O5. The molecule has 0 spiro atoms. The Labute approximate surface area is 160 Å². The monoisotopic (exact) mass is 378 g/mol. The smallest absolute Gasteiger partial charge is 0.326 e. The Kier molecular flexibility index (Phi) is 6.17. The molecule has 0 bridgehead atoms. The van der Waals surface area contributed by atoms with Gasteiger partial charge in [0, 0.05) is 6.04 Å². The lowest BCUT2D eigenvalue weighted by Gasteiger charge is -2.34. The number of hydrogen-bond acceptors (Lipinski definition) is 5. The molecule has 0 unspecified atom stereocenters. The van der Waals surface area contributed by atoms with Gasteiger partial charge in [-0.1, -0.05) is 39.5 Å². The molecule has 3 rings (SSSR count). The van der Waals surface area contributed by atoms with Crippen molar-refractivity contribution < 1.29 is 23.9 Å². The second-order valence-electron chi connectivity index (χ2n) is 8.36. The summed E-state index contributed by atoms with van der Waals surface area (Å²) in [6, 6.07) is 0.102. The van der Waals surface area contributed by atoms with Gasteiger partial charge in [0.25, 0.3) is 5.91 Å². The molecular weight excluding hydrogens is 348 g/mol. The van der Waals surface area contributed by atoms with Crippen molar-refractivity contribution in [3.8, 4) is 0 Å². The van der Waals surface area contributed by atoms with E-state index in [0.29, 0.717) is 24.7 Å². The average Bonchev–Trinajstić information content (AvgIpc) is 2.89. The van der Waals surface area contributed by atoms with Crippen molar-refractivity contribution in [2.45, 2.75) is 64.8 Å². The van der Waals surface area contributed by atoms with Crippen LogP contribution in [0.4, 0.5) is 0 Å². The van der Waals surface area contributed by atoms with Crippen LogP contribution in [0.1, 0.15) is 58.8 Å². The maximum Gasteiger partial charge on any atom is 0.326 e. The van der Waals surface area contributed by atoms with E-state index in [0.717, 1.165) is 30.6 Å². The standard InChI is InChI=1S/C20H30N2O5/c1-12-6-5-9-16(13(12)2)21-17(23)11-27-18(24)10-22-19(25)14-7-3-4-8-15(14)20(22)26/h12-16H,3-11H2,1-2H3,(H,21,23)/t12-,13+,14-,15-,16+/m1/s1. The highest BCUT2D eigenvalue weighted by Gasteiger charge is 2.48. The molecule has 0 aromatic heterocycles. The number of rotatable bonds is 5. The Hall–Kier alpha value is -1.92. The number of nitrogens with one attached hydrogen (secondary N) is 1. The normalized spacial score (nSPS) is 33.6. The third kappa shape index (κ3) is 4.33. The van der Waals surface area contributed by atoms with E-state index in [4.69, 9.17) is 4.74 Å². The summed E-state index contributed by atoms with van der Waals surface area (Å²) < 4.78 is 5.02. The van der Waals surface area contributed by atoms with Crippen molar-refractivity contribution in [1.29, 1.82) is 0 Å². The van der Waals surface area contributed by atoms with Crippen molar-refractivity contribution in [2.24, 2.45) is 23.7 Å². The zero-order chi connectivity index (χ0) is 19.6. The molecule has 1 aliphatic heterocycles. The van der Waals surface area contributed by atoms with Crippen molar-refractivity contribution in [1.82, 2.24) is 10.2 Å². The Morgan fingerprint density at radius 2 is 1.63 bits per heavy atom. The molecule has 150 valence electrons. The first-order valence-corrected chi connectivity index (χ1v) is 10.2. The average molecular weight is 378 g/mol. The number of likely N-dealkylation sites (tertiary alicyclic amines) is 1. The topological polar surface area (TPSA) is 92.8 Å². The Bertz CT molecular complexity index is 595. The van der Waals surface area contributed by atoms with Crippen LogP contribution < -0.4 is 5.32 Å². The van der Waals surface area contributed by atoms with Crippen LogP contribution in [-0.2, 0) is 23.9 Å². The Morgan fingerprint density at radius 1 is 1.00 bits per heavy atom. The van der Waals surface area contributed by atoms with Crippen LogP contribution in [-0.4, -0.2) is 47.8 Å². The summed E-state index contributed by atoms with van der Waals surface area (Å²) in [5.74, 6) is -1.19. The van der Waals surface area contributed by atoms with Gasteiger partial charge >= 0.3 is 5.97 Å². The van der Waals surface area contributed by atoms with Crippen LogP contribution in [0.3, 0.4) is 0 Å². The number of carbonyl (C=O) groups is 4. The molecule has 2 aliphatic carbocycles. The fourth-order valence-corrected chi connectivity index (χ4v) is 4.74. The largest absolute Gasteiger partial charge is 0.454 e. The molecule has 1 saturated heterocycles. The highest BCUT2D eigenvalue weighted by atomic mass is 16.5. The third-order valence-corrected chi connectivity index (χ3v) is 6.64. The van der Waals surface area contributed by atoms with Crippen LogP contribution in [0, 0.1) is 23.7 Å². The zero-order valence-corrected chi connectivity index (χ0v) is 16.2. The van der Waals surface area contributed by atoms with Crippen LogP contribution in [0.25, 0.3) is 0 Å². The van der Waals surface area contributed by atoms with E-state index in [-0.39, 0.29) is 42.2 Å². The molecule has 27 heavy (non-hydrogen) atoms. The number of hydrogen-bond donors (Lipinski definition) is 1. The van der Waals surface area contributed by atoms with Gasteiger partial charge < -0.3 is 10.1 Å². The minimum Gasteiger partial charge on any atom is -0.454 e. The molecule has 0 aromatic rings. The SMILES string of the molecule is C[C@H]1[C@H](C)CCC[C@@H]1NC(=O)COC(=O)CN1C(=O)[C@@H]2CCCC[C@H]2C1=O. The van der Waals surface area contributed by atoms with E-state index in [1.165, 1.54) is 6.42 Å². The molecule has 7 heteroatoms. The van der Waals surface area contributed by atoms with Crippen LogP contribution in [0.5, 0.6) is 0 Å². The molecule has 3 amide bonds. The lowest BCUT2D eigenvalue weighted by Crippen LogP contribution is -2.45. The van der Waals surface area contributed by atoms with Gasteiger partial charge in [-0.15, -0.1) is 0 Å². The molecule has 0 radical (unpaired) electrons. The summed E-state index contributed by atoms with van der Waals surface area (Å²) in [4.78, 5) is 49.9. The van der Waals surface area contributed by atoms with E-state index in [2.05, 4.69) is 19.2 Å². The zero-order valence-electron chi connectivity index (χ0n) is 16.2. The number of carbonyl (C=O) groups excluding carboxylic acids is 4. The summed E-state index contributed by atoms with van der Waals surface area (Å²) in [7, 11) is 0. The molecule has 0 aromatic carbocycles. The number of imide groups is 1. The first-order valence-electron chi connectivity index (χ1n) is 10.2. The maximum atomic E-state index is 12.4. The Morgan fingerprint density at radius 3 is 2.26 bits per heavy atom. The third-order valence-electron chi connectivity index (χ3n) is 6.64. The van der Waals surface area contributed by atoms with Crippen LogP contribution in [0.2, 0.25) is 0 Å². The first kappa shape index (κ1) is 19.8. The van der Waals surface area contributed by atoms with Crippen molar-refractivity contribution >= 4 is 23.7 Å².